The van der Waals surface area contributed by atoms with Gasteiger partial charge in [-0.25, -0.2) is 8.42 Å². The van der Waals surface area contributed by atoms with Crippen LogP contribution in [0.2, 0.25) is 0 Å². The molecular weight excluding hydrogens is 390 g/mol. The third-order valence-corrected chi connectivity index (χ3v) is 6.34. The van der Waals surface area contributed by atoms with Crippen LogP contribution < -0.4 is 4.72 Å². The Balaban J connectivity index is 1.98. The summed E-state index contributed by atoms with van der Waals surface area (Å²) in [5, 5.41) is 4.61. The van der Waals surface area contributed by atoms with E-state index in [1.165, 1.54) is 0 Å². The van der Waals surface area contributed by atoms with Crippen LogP contribution in [0.3, 0.4) is 0 Å². The van der Waals surface area contributed by atoms with Gasteiger partial charge in [0, 0.05) is 22.2 Å². The number of aromatic nitrogens is 2. The van der Waals surface area contributed by atoms with E-state index >= 15 is 0 Å². The molecule has 3 aromatic rings. The van der Waals surface area contributed by atoms with Crippen LogP contribution in [0.5, 0.6) is 0 Å². The van der Waals surface area contributed by atoms with Crippen LogP contribution in [0.1, 0.15) is 32.0 Å². The van der Waals surface area contributed by atoms with Crippen molar-refractivity contribution in [2.24, 2.45) is 0 Å². The Morgan fingerprint density at radius 1 is 1.07 bits per heavy atom. The highest BCUT2D eigenvalue weighted by Gasteiger charge is 2.30. The maximum Gasteiger partial charge on any atom is 0.265 e. The summed E-state index contributed by atoms with van der Waals surface area (Å²) in [5.41, 5.74) is 1.75. The largest absolute Gasteiger partial charge is 0.279 e. The number of rotatable bonds is 6. The first kappa shape index (κ1) is 20.5. The molecule has 1 aromatic heterocycles. The highest BCUT2D eigenvalue weighted by Crippen LogP contribution is 2.30. The van der Waals surface area contributed by atoms with Crippen LogP contribution in [0.15, 0.2) is 70.6 Å². The number of benzene rings is 2. The second-order valence-electron chi connectivity index (χ2n) is 7.61. The monoisotopic (exact) mass is 415 g/mol. The van der Waals surface area contributed by atoms with Crippen molar-refractivity contribution in [1.82, 2.24) is 9.78 Å². The van der Waals surface area contributed by atoms with Gasteiger partial charge in [-0.05, 0) is 30.0 Å². The van der Waals surface area contributed by atoms with Gasteiger partial charge in [0.2, 0.25) is 0 Å². The van der Waals surface area contributed by atoms with E-state index in [0.717, 1.165) is 10.5 Å². The van der Waals surface area contributed by atoms with E-state index in [2.05, 4.69) is 9.82 Å². The number of hydrogen-bond donors (Lipinski definition) is 1. The quantitative estimate of drug-likeness (QED) is 0.590. The molecule has 7 heteroatoms. The van der Waals surface area contributed by atoms with Crippen molar-refractivity contribution >= 4 is 27.5 Å². The summed E-state index contributed by atoms with van der Waals surface area (Å²) in [6, 6.07) is 17.2. The predicted octanol–water partition coefficient (Wildman–Crippen LogP) is 4.75. The Labute approximate surface area is 171 Å². The highest BCUT2D eigenvalue weighted by atomic mass is 32.2. The molecule has 0 amide bonds. The fourth-order valence-electron chi connectivity index (χ4n) is 2.87. The van der Waals surface area contributed by atoms with Crippen LogP contribution in [0, 0.1) is 0 Å². The van der Waals surface area contributed by atoms with Crippen molar-refractivity contribution in [1.29, 1.82) is 0 Å². The molecule has 0 fully saturated rings. The third kappa shape index (κ3) is 4.77. The lowest BCUT2D eigenvalue weighted by molar-refractivity contribution is 0.533. The zero-order chi connectivity index (χ0) is 20.4. The minimum absolute atomic E-state index is 0.213. The van der Waals surface area contributed by atoms with Crippen LogP contribution >= 0.6 is 11.8 Å². The smallest absolute Gasteiger partial charge is 0.265 e. The van der Waals surface area contributed by atoms with Crippen molar-refractivity contribution in [3.63, 3.8) is 0 Å². The minimum atomic E-state index is -3.77. The van der Waals surface area contributed by atoms with Crippen LogP contribution in [-0.2, 0) is 22.0 Å². The number of nitrogens with zero attached hydrogens (tertiary/aromatic N) is 2. The lowest BCUT2D eigenvalue weighted by atomic mass is 9.92. The maximum atomic E-state index is 13.2. The Morgan fingerprint density at radius 2 is 1.79 bits per heavy atom. The molecule has 3 rings (SSSR count). The van der Waals surface area contributed by atoms with Crippen LogP contribution in [0.25, 0.3) is 0 Å². The third-order valence-electron chi connectivity index (χ3n) is 4.24. The van der Waals surface area contributed by atoms with E-state index in [0.29, 0.717) is 17.9 Å². The first-order chi connectivity index (χ1) is 13.2. The number of sulfonamides is 1. The minimum Gasteiger partial charge on any atom is -0.279 e. The van der Waals surface area contributed by atoms with Gasteiger partial charge in [-0.15, -0.1) is 11.8 Å². The number of hydrogen-bond acceptors (Lipinski definition) is 4. The van der Waals surface area contributed by atoms with E-state index < -0.39 is 15.4 Å². The molecule has 1 N–H and O–H groups in total. The molecule has 2 aromatic carbocycles. The zero-order valence-corrected chi connectivity index (χ0v) is 18.1. The molecule has 0 saturated carbocycles. The summed E-state index contributed by atoms with van der Waals surface area (Å²) >= 11 is 1.57. The maximum absolute atomic E-state index is 13.2. The summed E-state index contributed by atoms with van der Waals surface area (Å²) in [7, 11) is -3.77. The summed E-state index contributed by atoms with van der Waals surface area (Å²) in [4.78, 5) is 1.21. The topological polar surface area (TPSA) is 64.0 Å². The summed E-state index contributed by atoms with van der Waals surface area (Å²) in [5.74, 6) is 0. The number of nitrogens with one attached hydrogen (secondary N) is 1. The molecule has 0 aliphatic carbocycles. The average Bonchev–Trinajstić information content (AvgIpc) is 3.08. The normalized spacial score (nSPS) is 12.1. The Bertz CT molecular complexity index is 1050. The molecule has 0 atom stereocenters. The van der Waals surface area contributed by atoms with Gasteiger partial charge >= 0.3 is 0 Å². The first-order valence-corrected chi connectivity index (χ1v) is 11.7. The Kier molecular flexibility index (Phi) is 5.86. The lowest BCUT2D eigenvalue weighted by Crippen LogP contribution is -2.20. The van der Waals surface area contributed by atoms with E-state index in [9.17, 15) is 8.42 Å². The molecule has 5 nitrogen and oxygen atoms in total. The molecule has 0 spiro atoms. The van der Waals surface area contributed by atoms with E-state index in [1.807, 2.05) is 75.6 Å². The standard InChI is InChI=1S/C21H25N3O2S2/c1-21(2,3)20-19(15-24(22-20)14-16-9-6-5-7-10-16)28(25,26)23-17-11-8-12-18(13-17)27-4/h5-13,15,23H,14H2,1-4H3. The van der Waals surface area contributed by atoms with Gasteiger partial charge in [0.05, 0.1) is 12.2 Å². The van der Waals surface area contributed by atoms with Crippen LogP contribution in [0.4, 0.5) is 5.69 Å². The van der Waals surface area contributed by atoms with Gasteiger partial charge in [-0.1, -0.05) is 57.2 Å². The van der Waals surface area contributed by atoms with Gasteiger partial charge in [0.25, 0.3) is 10.0 Å². The number of anilines is 1. The molecule has 0 unspecified atom stereocenters. The second-order valence-corrected chi connectivity index (χ2v) is 10.1. The van der Waals surface area contributed by atoms with Gasteiger partial charge in [0.15, 0.2) is 0 Å². The Morgan fingerprint density at radius 3 is 2.43 bits per heavy atom. The number of thioether (sulfide) groups is 1. The fourth-order valence-corrected chi connectivity index (χ4v) is 4.74. The lowest BCUT2D eigenvalue weighted by Gasteiger charge is -2.18. The fraction of sp³-hybridized carbons (Fsp3) is 0.286. The van der Waals surface area contributed by atoms with E-state index in [-0.39, 0.29) is 4.90 Å². The predicted molar refractivity (Wildman–Crippen MR) is 116 cm³/mol. The van der Waals surface area contributed by atoms with Gasteiger partial charge in [-0.2, -0.15) is 5.10 Å². The molecule has 1 heterocycles. The molecule has 28 heavy (non-hydrogen) atoms. The first-order valence-electron chi connectivity index (χ1n) is 8.98. The second kappa shape index (κ2) is 8.01. The molecule has 148 valence electrons. The molecular formula is C21H25N3O2S2. The zero-order valence-electron chi connectivity index (χ0n) is 16.5. The summed E-state index contributed by atoms with van der Waals surface area (Å²) < 4.78 is 30.7. The molecule has 0 bridgehead atoms. The van der Waals surface area contributed by atoms with E-state index in [4.69, 9.17) is 0 Å². The van der Waals surface area contributed by atoms with Crippen molar-refractivity contribution in [3.8, 4) is 0 Å². The Hall–Kier alpha value is -2.25. The van der Waals surface area contributed by atoms with Gasteiger partial charge < -0.3 is 0 Å². The SMILES string of the molecule is CSc1cccc(NS(=O)(=O)c2cn(Cc3ccccc3)nc2C(C)(C)C)c1. The molecule has 0 aliphatic heterocycles. The average molecular weight is 416 g/mol. The van der Waals surface area contributed by atoms with Crippen molar-refractivity contribution in [2.75, 3.05) is 11.0 Å². The van der Waals surface area contributed by atoms with Crippen molar-refractivity contribution in [3.05, 3.63) is 72.1 Å². The van der Waals surface area contributed by atoms with Crippen LogP contribution in [-0.4, -0.2) is 24.5 Å². The molecule has 0 aliphatic rings. The molecule has 0 saturated heterocycles. The molecule has 0 radical (unpaired) electrons. The summed E-state index contributed by atoms with van der Waals surface area (Å²) in [6.07, 6.45) is 3.58. The van der Waals surface area contributed by atoms with Gasteiger partial charge in [0.1, 0.15) is 4.90 Å². The van der Waals surface area contributed by atoms with Crippen molar-refractivity contribution in [2.45, 2.75) is 42.5 Å². The summed E-state index contributed by atoms with van der Waals surface area (Å²) in [6.45, 7) is 6.42. The van der Waals surface area contributed by atoms with E-state index in [1.54, 1.807) is 28.7 Å². The van der Waals surface area contributed by atoms with Crippen molar-refractivity contribution < 1.29 is 8.42 Å². The van der Waals surface area contributed by atoms with Gasteiger partial charge in [-0.3, -0.25) is 9.40 Å². The highest BCUT2D eigenvalue weighted by molar-refractivity contribution is 7.98.